The van der Waals surface area contributed by atoms with Crippen molar-refractivity contribution < 1.29 is 19.2 Å². The molecule has 0 aliphatic carbocycles. The number of nitro groups is 1. The Labute approximate surface area is 190 Å². The molecule has 0 fully saturated rings. The van der Waals surface area contributed by atoms with E-state index in [1.54, 1.807) is 18.2 Å². The molecule has 3 aromatic carbocycles. The summed E-state index contributed by atoms with van der Waals surface area (Å²) in [5.74, 6) is 0.507. The van der Waals surface area contributed by atoms with E-state index >= 15 is 0 Å². The van der Waals surface area contributed by atoms with Crippen LogP contribution in [-0.4, -0.2) is 25.1 Å². The average molecular weight is 456 g/mol. The lowest BCUT2D eigenvalue weighted by atomic mass is 10.1. The van der Waals surface area contributed by atoms with Gasteiger partial charge in [0, 0.05) is 35.0 Å². The van der Waals surface area contributed by atoms with Crippen LogP contribution in [0.4, 0.5) is 17.1 Å². The predicted octanol–water partition coefficient (Wildman–Crippen LogP) is 5.44. The number of nitrogens with zero attached hydrogens (tertiary/aromatic N) is 1. The number of ether oxygens (including phenoxy) is 2. The topological polar surface area (TPSA) is 103 Å². The zero-order valence-electron chi connectivity index (χ0n) is 17.8. The molecule has 0 aliphatic heterocycles. The van der Waals surface area contributed by atoms with E-state index < -0.39 is 10.8 Å². The summed E-state index contributed by atoms with van der Waals surface area (Å²) in [6.45, 7) is 2.11. The van der Waals surface area contributed by atoms with Crippen LogP contribution in [0.25, 0.3) is 0 Å². The van der Waals surface area contributed by atoms with E-state index in [0.29, 0.717) is 28.8 Å². The molecule has 3 aromatic rings. The van der Waals surface area contributed by atoms with Crippen molar-refractivity contribution in [2.75, 3.05) is 24.9 Å². The zero-order chi connectivity index (χ0) is 23.3. The zero-order valence-corrected chi connectivity index (χ0v) is 18.5. The third-order valence-corrected chi connectivity index (χ3v) is 5.23. The fraction of sp³-hybridized carbons (Fsp3) is 0.174. The van der Waals surface area contributed by atoms with Crippen LogP contribution in [0, 0.1) is 17.0 Å². The number of methoxy groups -OCH3 is 2. The molecular formula is C23H22ClN3O5. The molecule has 0 heterocycles. The van der Waals surface area contributed by atoms with Gasteiger partial charge in [0.2, 0.25) is 0 Å². The number of hydrogen-bond acceptors (Lipinski definition) is 6. The molecule has 0 bridgehead atoms. The van der Waals surface area contributed by atoms with Gasteiger partial charge in [-0.3, -0.25) is 14.9 Å². The molecule has 0 unspecified atom stereocenters. The molecule has 2 N–H and O–H groups in total. The Morgan fingerprint density at radius 2 is 1.72 bits per heavy atom. The van der Waals surface area contributed by atoms with Crippen molar-refractivity contribution in [3.63, 3.8) is 0 Å². The highest BCUT2D eigenvalue weighted by Gasteiger charge is 2.19. The SMILES string of the molecule is COc1cc(C)c(NC(=O)c2ccc(NCc3ccccc3Cl)c([N+](=O)[O-])c2)cc1OC. The highest BCUT2D eigenvalue weighted by atomic mass is 35.5. The minimum Gasteiger partial charge on any atom is -0.493 e. The summed E-state index contributed by atoms with van der Waals surface area (Å²) in [5.41, 5.74) is 2.28. The summed E-state index contributed by atoms with van der Waals surface area (Å²) in [5, 5.41) is 18.0. The molecule has 0 saturated heterocycles. The van der Waals surface area contributed by atoms with Crippen LogP contribution in [0.15, 0.2) is 54.6 Å². The number of anilines is 2. The van der Waals surface area contributed by atoms with Gasteiger partial charge in [-0.15, -0.1) is 0 Å². The van der Waals surface area contributed by atoms with Crippen molar-refractivity contribution in [1.82, 2.24) is 0 Å². The Morgan fingerprint density at radius 3 is 2.38 bits per heavy atom. The van der Waals surface area contributed by atoms with Crippen LogP contribution >= 0.6 is 11.6 Å². The molecule has 32 heavy (non-hydrogen) atoms. The van der Waals surface area contributed by atoms with Crippen LogP contribution < -0.4 is 20.1 Å². The monoisotopic (exact) mass is 455 g/mol. The number of nitrogens with one attached hydrogen (secondary N) is 2. The van der Waals surface area contributed by atoms with Gasteiger partial charge < -0.3 is 20.1 Å². The summed E-state index contributed by atoms with van der Waals surface area (Å²) in [6.07, 6.45) is 0. The molecule has 8 nitrogen and oxygen atoms in total. The van der Waals surface area contributed by atoms with Crippen LogP contribution in [0.2, 0.25) is 5.02 Å². The summed E-state index contributed by atoms with van der Waals surface area (Å²) in [7, 11) is 3.02. The van der Waals surface area contributed by atoms with E-state index in [2.05, 4.69) is 10.6 Å². The minimum absolute atomic E-state index is 0.147. The Balaban J connectivity index is 1.83. The Hall–Kier alpha value is -3.78. The quantitative estimate of drug-likeness (QED) is 0.346. The Kier molecular flexibility index (Phi) is 7.17. The van der Waals surface area contributed by atoms with Gasteiger partial charge in [0.25, 0.3) is 11.6 Å². The smallest absolute Gasteiger partial charge is 0.293 e. The van der Waals surface area contributed by atoms with Gasteiger partial charge in [-0.25, -0.2) is 0 Å². The van der Waals surface area contributed by atoms with Crippen molar-refractivity contribution in [3.05, 3.63) is 86.4 Å². The largest absolute Gasteiger partial charge is 0.493 e. The first-order valence-electron chi connectivity index (χ1n) is 9.63. The number of hydrogen-bond donors (Lipinski definition) is 2. The molecule has 0 aliphatic rings. The molecule has 0 aromatic heterocycles. The summed E-state index contributed by atoms with van der Waals surface area (Å²) in [4.78, 5) is 23.9. The predicted molar refractivity (Wildman–Crippen MR) is 124 cm³/mol. The van der Waals surface area contributed by atoms with Gasteiger partial charge in [0.05, 0.1) is 19.1 Å². The van der Waals surface area contributed by atoms with Crippen LogP contribution in [0.5, 0.6) is 11.5 Å². The summed E-state index contributed by atoms with van der Waals surface area (Å²) >= 11 is 6.15. The first-order valence-corrected chi connectivity index (χ1v) is 10.0. The third kappa shape index (κ3) is 5.09. The number of amides is 1. The van der Waals surface area contributed by atoms with Crippen molar-refractivity contribution in [3.8, 4) is 11.5 Å². The van der Waals surface area contributed by atoms with Crippen LogP contribution in [0.1, 0.15) is 21.5 Å². The maximum Gasteiger partial charge on any atom is 0.293 e. The third-order valence-electron chi connectivity index (χ3n) is 4.86. The van der Waals surface area contributed by atoms with Gasteiger partial charge in [-0.05, 0) is 42.3 Å². The van der Waals surface area contributed by atoms with E-state index in [0.717, 1.165) is 11.1 Å². The molecule has 0 radical (unpaired) electrons. The van der Waals surface area contributed by atoms with E-state index in [1.165, 1.54) is 32.4 Å². The Bertz CT molecular complexity index is 1170. The number of rotatable bonds is 8. The highest BCUT2D eigenvalue weighted by Crippen LogP contribution is 2.33. The van der Waals surface area contributed by atoms with E-state index in [-0.39, 0.29) is 16.9 Å². The normalized spacial score (nSPS) is 10.4. The number of carbonyl (C=O) groups excluding carboxylic acids is 1. The van der Waals surface area contributed by atoms with E-state index in [4.69, 9.17) is 21.1 Å². The lowest BCUT2D eigenvalue weighted by molar-refractivity contribution is -0.384. The first kappa shape index (κ1) is 22.9. The number of benzene rings is 3. The van der Waals surface area contributed by atoms with Crippen molar-refractivity contribution in [2.45, 2.75) is 13.5 Å². The lowest BCUT2D eigenvalue weighted by Gasteiger charge is -2.14. The van der Waals surface area contributed by atoms with Crippen molar-refractivity contribution in [2.24, 2.45) is 0 Å². The molecule has 0 saturated carbocycles. The van der Waals surface area contributed by atoms with Gasteiger partial charge in [-0.1, -0.05) is 29.8 Å². The Morgan fingerprint density at radius 1 is 1.03 bits per heavy atom. The van der Waals surface area contributed by atoms with Crippen LogP contribution in [-0.2, 0) is 6.54 Å². The molecular weight excluding hydrogens is 434 g/mol. The highest BCUT2D eigenvalue weighted by molar-refractivity contribution is 6.31. The minimum atomic E-state index is -0.534. The standard InChI is InChI=1S/C23H22ClN3O5/c1-14-10-21(31-2)22(32-3)12-19(14)26-23(28)15-8-9-18(20(11-15)27(29)30)25-13-16-6-4-5-7-17(16)24/h4-12,25H,13H2,1-3H3,(H,26,28). The summed E-state index contributed by atoms with van der Waals surface area (Å²) in [6, 6.07) is 14.9. The van der Waals surface area contributed by atoms with Gasteiger partial charge in [-0.2, -0.15) is 0 Å². The fourth-order valence-electron chi connectivity index (χ4n) is 3.12. The van der Waals surface area contributed by atoms with Crippen LogP contribution in [0.3, 0.4) is 0 Å². The van der Waals surface area contributed by atoms with Crippen molar-refractivity contribution >= 4 is 34.6 Å². The lowest BCUT2D eigenvalue weighted by Crippen LogP contribution is -2.14. The second kappa shape index (κ2) is 10.0. The number of carbonyl (C=O) groups is 1. The van der Waals surface area contributed by atoms with Gasteiger partial charge in [0.15, 0.2) is 11.5 Å². The number of halogens is 1. The summed E-state index contributed by atoms with van der Waals surface area (Å²) < 4.78 is 10.5. The van der Waals surface area contributed by atoms with E-state index in [1.807, 2.05) is 25.1 Å². The fourth-order valence-corrected chi connectivity index (χ4v) is 3.32. The molecule has 9 heteroatoms. The number of nitro benzene ring substituents is 1. The molecule has 1 amide bonds. The maximum atomic E-state index is 12.8. The first-order chi connectivity index (χ1) is 15.3. The average Bonchev–Trinajstić information content (AvgIpc) is 2.79. The van der Waals surface area contributed by atoms with Crippen molar-refractivity contribution in [1.29, 1.82) is 0 Å². The molecule has 0 spiro atoms. The second-order valence-corrected chi connectivity index (χ2v) is 7.32. The maximum absolute atomic E-state index is 12.8. The van der Waals surface area contributed by atoms with E-state index in [9.17, 15) is 14.9 Å². The molecule has 0 atom stereocenters. The van der Waals surface area contributed by atoms with Gasteiger partial charge >= 0.3 is 0 Å². The molecule has 3 rings (SSSR count). The molecule has 166 valence electrons. The number of aryl methyl sites for hydroxylation is 1. The van der Waals surface area contributed by atoms with Gasteiger partial charge in [0.1, 0.15) is 5.69 Å². The second-order valence-electron chi connectivity index (χ2n) is 6.91.